The SMILES string of the molecule is OCc1ccccc1Oc1ccc(Br)cc1CNC1CC1. The molecule has 1 aliphatic carbocycles. The van der Waals surface area contributed by atoms with Gasteiger partial charge in [0.1, 0.15) is 11.5 Å². The summed E-state index contributed by atoms with van der Waals surface area (Å²) in [6.07, 6.45) is 2.52. The molecule has 0 radical (unpaired) electrons. The summed E-state index contributed by atoms with van der Waals surface area (Å²) >= 11 is 3.51. The minimum atomic E-state index is -0.0254. The van der Waals surface area contributed by atoms with Crippen LogP contribution in [0.4, 0.5) is 0 Å². The number of hydrogen-bond donors (Lipinski definition) is 2. The van der Waals surface area contributed by atoms with E-state index in [1.165, 1.54) is 12.8 Å². The van der Waals surface area contributed by atoms with E-state index in [-0.39, 0.29) is 6.61 Å². The molecule has 110 valence electrons. The van der Waals surface area contributed by atoms with Crippen molar-refractivity contribution in [1.82, 2.24) is 5.32 Å². The third-order valence-corrected chi connectivity index (χ3v) is 4.04. The maximum Gasteiger partial charge on any atom is 0.132 e. The van der Waals surface area contributed by atoms with E-state index in [0.717, 1.165) is 27.9 Å². The average Bonchev–Trinajstić information content (AvgIpc) is 3.32. The molecule has 0 amide bonds. The minimum absolute atomic E-state index is 0.0254. The summed E-state index contributed by atoms with van der Waals surface area (Å²) in [5, 5.41) is 12.9. The molecule has 0 bridgehead atoms. The van der Waals surface area contributed by atoms with Crippen molar-refractivity contribution >= 4 is 15.9 Å². The van der Waals surface area contributed by atoms with Crippen LogP contribution < -0.4 is 10.1 Å². The predicted molar refractivity (Wildman–Crippen MR) is 86.4 cm³/mol. The number of rotatable bonds is 6. The minimum Gasteiger partial charge on any atom is -0.457 e. The fraction of sp³-hybridized carbons (Fsp3) is 0.294. The molecular weight excluding hydrogens is 330 g/mol. The molecule has 0 atom stereocenters. The van der Waals surface area contributed by atoms with Gasteiger partial charge < -0.3 is 15.2 Å². The Kier molecular flexibility index (Phi) is 4.58. The second-order valence-electron chi connectivity index (χ2n) is 5.28. The largest absolute Gasteiger partial charge is 0.457 e. The number of halogens is 1. The second-order valence-corrected chi connectivity index (χ2v) is 6.19. The van der Waals surface area contributed by atoms with Crippen molar-refractivity contribution < 1.29 is 9.84 Å². The lowest BCUT2D eigenvalue weighted by atomic mass is 10.2. The summed E-state index contributed by atoms with van der Waals surface area (Å²) in [4.78, 5) is 0. The predicted octanol–water partition coefficient (Wildman–Crippen LogP) is 3.99. The van der Waals surface area contributed by atoms with E-state index in [2.05, 4.69) is 27.3 Å². The highest BCUT2D eigenvalue weighted by atomic mass is 79.9. The molecule has 1 saturated carbocycles. The Morgan fingerprint density at radius 2 is 1.86 bits per heavy atom. The van der Waals surface area contributed by atoms with Crippen molar-refractivity contribution in [2.45, 2.75) is 32.0 Å². The Labute approximate surface area is 133 Å². The molecule has 2 aromatic rings. The fourth-order valence-corrected chi connectivity index (χ4v) is 2.59. The quantitative estimate of drug-likeness (QED) is 0.830. The van der Waals surface area contributed by atoms with Crippen LogP contribution >= 0.6 is 15.9 Å². The number of benzene rings is 2. The van der Waals surface area contributed by atoms with E-state index in [9.17, 15) is 5.11 Å². The Morgan fingerprint density at radius 3 is 2.62 bits per heavy atom. The zero-order valence-electron chi connectivity index (χ0n) is 11.7. The molecule has 0 spiro atoms. The van der Waals surface area contributed by atoms with Gasteiger partial charge in [-0.1, -0.05) is 34.1 Å². The summed E-state index contributed by atoms with van der Waals surface area (Å²) in [5.41, 5.74) is 1.91. The van der Waals surface area contributed by atoms with Gasteiger partial charge in [0.15, 0.2) is 0 Å². The fourth-order valence-electron chi connectivity index (χ4n) is 2.18. The summed E-state index contributed by atoms with van der Waals surface area (Å²) in [6, 6.07) is 14.2. The molecule has 1 aliphatic rings. The topological polar surface area (TPSA) is 41.5 Å². The van der Waals surface area contributed by atoms with Gasteiger partial charge in [0, 0.05) is 28.2 Å². The van der Waals surface area contributed by atoms with Gasteiger partial charge >= 0.3 is 0 Å². The van der Waals surface area contributed by atoms with Crippen molar-refractivity contribution in [3.63, 3.8) is 0 Å². The van der Waals surface area contributed by atoms with E-state index in [1.54, 1.807) is 0 Å². The molecule has 3 rings (SSSR count). The number of ether oxygens (including phenoxy) is 1. The highest BCUT2D eigenvalue weighted by molar-refractivity contribution is 9.10. The molecule has 3 nitrogen and oxygen atoms in total. The third kappa shape index (κ3) is 3.84. The van der Waals surface area contributed by atoms with Crippen molar-refractivity contribution in [2.75, 3.05) is 0 Å². The highest BCUT2D eigenvalue weighted by Gasteiger charge is 2.20. The first kappa shape index (κ1) is 14.6. The van der Waals surface area contributed by atoms with Crippen LogP contribution in [0.3, 0.4) is 0 Å². The zero-order chi connectivity index (χ0) is 14.7. The molecule has 0 heterocycles. The monoisotopic (exact) mass is 347 g/mol. The van der Waals surface area contributed by atoms with E-state index < -0.39 is 0 Å². The van der Waals surface area contributed by atoms with Crippen molar-refractivity contribution in [3.8, 4) is 11.5 Å². The first-order chi connectivity index (χ1) is 10.3. The Balaban J connectivity index is 1.82. The number of aliphatic hydroxyl groups excluding tert-OH is 1. The van der Waals surface area contributed by atoms with Gasteiger partial charge in [0.2, 0.25) is 0 Å². The lowest BCUT2D eigenvalue weighted by molar-refractivity contribution is 0.276. The van der Waals surface area contributed by atoms with E-state index in [4.69, 9.17) is 4.74 Å². The zero-order valence-corrected chi connectivity index (χ0v) is 13.3. The van der Waals surface area contributed by atoms with Gasteiger partial charge in [0.25, 0.3) is 0 Å². The molecule has 2 aromatic carbocycles. The van der Waals surface area contributed by atoms with Crippen LogP contribution in [0.25, 0.3) is 0 Å². The lowest BCUT2D eigenvalue weighted by Crippen LogP contribution is -2.15. The van der Waals surface area contributed by atoms with Crippen LogP contribution in [-0.2, 0) is 13.2 Å². The van der Waals surface area contributed by atoms with Gasteiger partial charge in [-0.2, -0.15) is 0 Å². The van der Waals surface area contributed by atoms with E-state index >= 15 is 0 Å². The Hall–Kier alpha value is -1.36. The number of nitrogens with one attached hydrogen (secondary N) is 1. The molecule has 2 N–H and O–H groups in total. The van der Waals surface area contributed by atoms with Crippen LogP contribution in [-0.4, -0.2) is 11.1 Å². The van der Waals surface area contributed by atoms with Crippen molar-refractivity contribution in [1.29, 1.82) is 0 Å². The van der Waals surface area contributed by atoms with Crippen molar-refractivity contribution in [2.24, 2.45) is 0 Å². The van der Waals surface area contributed by atoms with Crippen molar-refractivity contribution in [3.05, 3.63) is 58.1 Å². The molecule has 1 fully saturated rings. The molecular formula is C17H18BrNO2. The van der Waals surface area contributed by atoms with Gasteiger partial charge in [-0.3, -0.25) is 0 Å². The number of para-hydroxylation sites is 1. The molecule has 0 aromatic heterocycles. The number of hydrogen-bond acceptors (Lipinski definition) is 3. The summed E-state index contributed by atoms with van der Waals surface area (Å²) in [7, 11) is 0. The van der Waals surface area contributed by atoms with Crippen LogP contribution in [0.5, 0.6) is 11.5 Å². The van der Waals surface area contributed by atoms with Gasteiger partial charge in [-0.05, 0) is 37.1 Å². The summed E-state index contributed by atoms with van der Waals surface area (Å²) in [5.74, 6) is 1.53. The molecule has 0 aliphatic heterocycles. The first-order valence-electron chi connectivity index (χ1n) is 7.14. The maximum atomic E-state index is 9.39. The first-order valence-corrected chi connectivity index (χ1v) is 7.94. The smallest absolute Gasteiger partial charge is 0.132 e. The van der Waals surface area contributed by atoms with E-state index in [1.807, 2.05) is 36.4 Å². The highest BCUT2D eigenvalue weighted by Crippen LogP contribution is 2.31. The summed E-state index contributed by atoms with van der Waals surface area (Å²) in [6.45, 7) is 0.767. The van der Waals surface area contributed by atoms with Gasteiger partial charge in [-0.25, -0.2) is 0 Å². The molecule has 0 saturated heterocycles. The van der Waals surface area contributed by atoms with Crippen LogP contribution in [0.1, 0.15) is 24.0 Å². The Bertz CT molecular complexity index is 626. The standard InChI is InChI=1S/C17H18BrNO2/c18-14-5-8-17(13(9-14)10-19-15-6-7-15)21-16-4-2-1-3-12(16)11-20/h1-5,8-9,15,19-20H,6-7,10-11H2. The second kappa shape index (κ2) is 6.60. The molecule has 4 heteroatoms. The number of aliphatic hydroxyl groups is 1. The Morgan fingerprint density at radius 1 is 1.10 bits per heavy atom. The third-order valence-electron chi connectivity index (χ3n) is 3.54. The maximum absolute atomic E-state index is 9.39. The average molecular weight is 348 g/mol. The van der Waals surface area contributed by atoms with Crippen LogP contribution in [0, 0.1) is 0 Å². The normalized spacial score (nSPS) is 14.2. The van der Waals surface area contributed by atoms with Gasteiger partial charge in [-0.15, -0.1) is 0 Å². The van der Waals surface area contributed by atoms with Crippen LogP contribution in [0.2, 0.25) is 0 Å². The van der Waals surface area contributed by atoms with Gasteiger partial charge in [0.05, 0.1) is 6.61 Å². The summed E-state index contributed by atoms with van der Waals surface area (Å²) < 4.78 is 7.06. The van der Waals surface area contributed by atoms with Crippen LogP contribution in [0.15, 0.2) is 46.9 Å². The van der Waals surface area contributed by atoms with E-state index in [0.29, 0.717) is 11.8 Å². The molecule has 21 heavy (non-hydrogen) atoms. The lowest BCUT2D eigenvalue weighted by Gasteiger charge is -2.14. The molecule has 0 unspecified atom stereocenters.